The van der Waals surface area contributed by atoms with Crippen LogP contribution in [0.3, 0.4) is 0 Å². The summed E-state index contributed by atoms with van der Waals surface area (Å²) in [6.07, 6.45) is 1.88. The number of rotatable bonds is 8. The second kappa shape index (κ2) is 9.90. The molecule has 174 valence electrons. The normalized spacial score (nSPS) is 11.2. The molecule has 0 aliphatic heterocycles. The van der Waals surface area contributed by atoms with Crippen LogP contribution < -0.4 is 14.8 Å². The smallest absolute Gasteiger partial charge is 0.251 e. The van der Waals surface area contributed by atoms with Gasteiger partial charge in [-0.3, -0.25) is 4.79 Å². The molecule has 0 saturated carbocycles. The number of ether oxygens (including phenoxy) is 1. The number of nitrogens with one attached hydrogen (secondary N) is 2. The number of carbonyl (C=O) groups excluding carboxylic acids is 1. The van der Waals surface area contributed by atoms with Crippen LogP contribution in [0.15, 0.2) is 90.0 Å². The lowest BCUT2D eigenvalue weighted by Gasteiger charge is -2.11. The van der Waals surface area contributed by atoms with E-state index in [-0.39, 0.29) is 22.8 Å². The van der Waals surface area contributed by atoms with E-state index in [1.54, 1.807) is 4.68 Å². The molecular formula is C25H24N4O4S. The van der Waals surface area contributed by atoms with Crippen LogP contribution in [0.4, 0.5) is 0 Å². The van der Waals surface area contributed by atoms with E-state index in [1.807, 2.05) is 66.9 Å². The number of methoxy groups -OCH3 is 1. The summed E-state index contributed by atoms with van der Waals surface area (Å²) in [6, 6.07) is 23.7. The first kappa shape index (κ1) is 23.2. The van der Waals surface area contributed by atoms with E-state index in [0.717, 1.165) is 22.5 Å². The molecule has 0 bridgehead atoms. The predicted molar refractivity (Wildman–Crippen MR) is 129 cm³/mol. The molecule has 0 atom stereocenters. The van der Waals surface area contributed by atoms with Crippen molar-refractivity contribution in [3.63, 3.8) is 0 Å². The fourth-order valence-corrected chi connectivity index (χ4v) is 4.42. The number of benzene rings is 3. The van der Waals surface area contributed by atoms with Gasteiger partial charge in [0, 0.05) is 29.4 Å². The molecule has 1 heterocycles. The van der Waals surface area contributed by atoms with Crippen molar-refractivity contribution in [2.45, 2.75) is 11.4 Å². The van der Waals surface area contributed by atoms with Crippen LogP contribution >= 0.6 is 0 Å². The molecule has 0 radical (unpaired) electrons. The molecule has 34 heavy (non-hydrogen) atoms. The minimum absolute atomic E-state index is 0.105. The topological polar surface area (TPSA) is 102 Å². The van der Waals surface area contributed by atoms with Gasteiger partial charge in [0.1, 0.15) is 10.6 Å². The molecule has 4 aromatic rings. The monoisotopic (exact) mass is 476 g/mol. The third-order valence-electron chi connectivity index (χ3n) is 5.28. The van der Waals surface area contributed by atoms with Gasteiger partial charge in [0.2, 0.25) is 10.0 Å². The summed E-state index contributed by atoms with van der Waals surface area (Å²) in [5.41, 5.74) is 3.59. The molecular weight excluding hydrogens is 452 g/mol. The largest absolute Gasteiger partial charge is 0.495 e. The molecule has 2 N–H and O–H groups in total. The van der Waals surface area contributed by atoms with Gasteiger partial charge in [-0.1, -0.05) is 48.5 Å². The molecule has 3 aromatic carbocycles. The number of para-hydroxylation sites is 1. The maximum atomic E-state index is 12.9. The van der Waals surface area contributed by atoms with E-state index in [4.69, 9.17) is 9.84 Å². The van der Waals surface area contributed by atoms with E-state index in [9.17, 15) is 13.2 Å². The lowest BCUT2D eigenvalue weighted by molar-refractivity contribution is 0.0950. The highest BCUT2D eigenvalue weighted by atomic mass is 32.2. The van der Waals surface area contributed by atoms with Gasteiger partial charge < -0.3 is 10.1 Å². The summed E-state index contributed by atoms with van der Waals surface area (Å²) in [5, 5.41) is 7.62. The average molecular weight is 477 g/mol. The number of hydrogen-bond donors (Lipinski definition) is 2. The van der Waals surface area contributed by atoms with Crippen molar-refractivity contribution in [2.75, 3.05) is 14.2 Å². The number of amides is 1. The third kappa shape index (κ3) is 4.85. The highest BCUT2D eigenvalue weighted by Gasteiger charge is 2.20. The lowest BCUT2D eigenvalue weighted by Crippen LogP contribution is -2.24. The van der Waals surface area contributed by atoms with Gasteiger partial charge >= 0.3 is 0 Å². The third-order valence-corrected chi connectivity index (χ3v) is 6.72. The zero-order valence-corrected chi connectivity index (χ0v) is 19.5. The lowest BCUT2D eigenvalue weighted by atomic mass is 10.1. The fourth-order valence-electron chi connectivity index (χ4n) is 3.51. The second-order valence-electron chi connectivity index (χ2n) is 7.40. The van der Waals surface area contributed by atoms with Gasteiger partial charge in [-0.25, -0.2) is 17.8 Å². The summed E-state index contributed by atoms with van der Waals surface area (Å²) in [5.74, 6) is -0.261. The Morgan fingerprint density at radius 1 is 1.00 bits per heavy atom. The summed E-state index contributed by atoms with van der Waals surface area (Å²) in [7, 11) is -1.13. The molecule has 4 rings (SSSR count). The number of nitrogens with zero attached hydrogens (tertiary/aromatic N) is 2. The van der Waals surface area contributed by atoms with Crippen LogP contribution in [0.2, 0.25) is 0 Å². The Kier molecular flexibility index (Phi) is 6.76. The Hall–Kier alpha value is -3.95. The van der Waals surface area contributed by atoms with Crippen molar-refractivity contribution in [3.8, 4) is 22.7 Å². The minimum atomic E-state index is -3.80. The molecule has 1 amide bonds. The van der Waals surface area contributed by atoms with Crippen molar-refractivity contribution < 1.29 is 17.9 Å². The summed E-state index contributed by atoms with van der Waals surface area (Å²) in [4.78, 5) is 12.8. The van der Waals surface area contributed by atoms with Crippen molar-refractivity contribution in [1.82, 2.24) is 19.8 Å². The van der Waals surface area contributed by atoms with Gasteiger partial charge in [-0.2, -0.15) is 5.10 Å². The van der Waals surface area contributed by atoms with Crippen LogP contribution in [0.25, 0.3) is 16.9 Å². The van der Waals surface area contributed by atoms with Crippen molar-refractivity contribution >= 4 is 15.9 Å². The van der Waals surface area contributed by atoms with Crippen LogP contribution in [0.1, 0.15) is 15.9 Å². The van der Waals surface area contributed by atoms with Crippen molar-refractivity contribution in [1.29, 1.82) is 0 Å². The van der Waals surface area contributed by atoms with Crippen LogP contribution in [-0.4, -0.2) is 38.3 Å². The molecule has 0 aliphatic carbocycles. The Morgan fingerprint density at radius 3 is 2.32 bits per heavy atom. The van der Waals surface area contributed by atoms with E-state index in [1.165, 1.54) is 32.4 Å². The van der Waals surface area contributed by atoms with Crippen LogP contribution in [0, 0.1) is 0 Å². The first-order valence-electron chi connectivity index (χ1n) is 10.5. The molecule has 0 spiro atoms. The molecule has 0 aliphatic rings. The number of aromatic nitrogens is 2. The molecule has 0 fully saturated rings. The van der Waals surface area contributed by atoms with E-state index in [0.29, 0.717) is 0 Å². The van der Waals surface area contributed by atoms with E-state index in [2.05, 4.69) is 10.0 Å². The first-order chi connectivity index (χ1) is 16.4. The average Bonchev–Trinajstić information content (AvgIpc) is 3.32. The Bertz CT molecular complexity index is 1400. The molecule has 0 saturated heterocycles. The summed E-state index contributed by atoms with van der Waals surface area (Å²) in [6.45, 7) is 0.204. The van der Waals surface area contributed by atoms with Gasteiger partial charge in [0.05, 0.1) is 18.5 Å². The maximum absolute atomic E-state index is 12.9. The fraction of sp³-hybridized carbons (Fsp3) is 0.120. The molecule has 8 nitrogen and oxygen atoms in total. The summed E-state index contributed by atoms with van der Waals surface area (Å²) >= 11 is 0. The van der Waals surface area contributed by atoms with Crippen molar-refractivity contribution in [2.24, 2.45) is 0 Å². The predicted octanol–water partition coefficient (Wildman–Crippen LogP) is 3.39. The zero-order valence-electron chi connectivity index (χ0n) is 18.7. The highest BCUT2D eigenvalue weighted by Crippen LogP contribution is 2.26. The molecule has 9 heteroatoms. The van der Waals surface area contributed by atoms with Gasteiger partial charge in [-0.15, -0.1) is 0 Å². The van der Waals surface area contributed by atoms with Gasteiger partial charge in [0.25, 0.3) is 5.91 Å². The van der Waals surface area contributed by atoms with Crippen molar-refractivity contribution in [3.05, 3.63) is 96.2 Å². The van der Waals surface area contributed by atoms with Crippen LogP contribution in [0.5, 0.6) is 5.75 Å². The Labute approximate surface area is 198 Å². The Morgan fingerprint density at radius 2 is 1.68 bits per heavy atom. The standard InChI is InChI=1S/C25H24N4O4S/c1-26-34(31,32)23-15-19(13-14-22(23)33-2)25(30)27-16-20-17-29(21-11-7-4-8-12-21)28-24(20)18-9-5-3-6-10-18/h3-15,17,26H,16H2,1-2H3,(H,27,30). The molecule has 0 unspecified atom stereocenters. The quantitative estimate of drug-likeness (QED) is 0.406. The van der Waals surface area contributed by atoms with Crippen LogP contribution in [-0.2, 0) is 16.6 Å². The first-order valence-corrected chi connectivity index (χ1v) is 12.0. The summed E-state index contributed by atoms with van der Waals surface area (Å²) < 4.78 is 33.8. The SMILES string of the molecule is CNS(=O)(=O)c1cc(C(=O)NCc2cn(-c3ccccc3)nc2-c2ccccc2)ccc1OC. The number of hydrogen-bond acceptors (Lipinski definition) is 5. The Balaban J connectivity index is 1.63. The van der Waals surface area contributed by atoms with Gasteiger partial charge in [0.15, 0.2) is 0 Å². The number of sulfonamides is 1. The minimum Gasteiger partial charge on any atom is -0.495 e. The molecule has 1 aromatic heterocycles. The highest BCUT2D eigenvalue weighted by molar-refractivity contribution is 7.89. The second-order valence-corrected chi connectivity index (χ2v) is 9.26. The van der Waals surface area contributed by atoms with E-state index >= 15 is 0 Å². The van der Waals surface area contributed by atoms with Gasteiger partial charge in [-0.05, 0) is 37.4 Å². The zero-order chi connectivity index (χ0) is 24.1. The number of carbonyl (C=O) groups is 1. The maximum Gasteiger partial charge on any atom is 0.251 e. The van der Waals surface area contributed by atoms with E-state index < -0.39 is 15.9 Å².